The van der Waals surface area contributed by atoms with Gasteiger partial charge in [0.05, 0.1) is 0 Å². The zero-order valence-corrected chi connectivity index (χ0v) is 15.0. The summed E-state index contributed by atoms with van der Waals surface area (Å²) in [5.74, 6) is -0.891. The quantitative estimate of drug-likeness (QED) is 0.809. The molecule has 26 heavy (non-hydrogen) atoms. The third-order valence-corrected chi connectivity index (χ3v) is 5.32. The van der Waals surface area contributed by atoms with E-state index in [4.69, 9.17) is 0 Å². The van der Waals surface area contributed by atoms with E-state index < -0.39 is 11.6 Å². The molecule has 3 rings (SSSR count). The van der Waals surface area contributed by atoms with Crippen LogP contribution in [0.5, 0.6) is 5.75 Å². The molecule has 0 atom stereocenters. The third kappa shape index (κ3) is 4.66. The maximum Gasteiger partial charge on any atom is 0.223 e. The molecule has 1 N–H and O–H groups in total. The van der Waals surface area contributed by atoms with Crippen molar-refractivity contribution >= 4 is 23.4 Å². The molecule has 0 unspecified atom stereocenters. The van der Waals surface area contributed by atoms with Gasteiger partial charge in [-0.15, -0.1) is 11.8 Å². The number of hydrogen-bond donors (Lipinski definition) is 1. The first-order valence-corrected chi connectivity index (χ1v) is 9.41. The van der Waals surface area contributed by atoms with E-state index in [1.807, 2.05) is 17.0 Å². The molecule has 0 aromatic heterocycles. The average Bonchev–Trinajstić information content (AvgIpc) is 2.65. The molecule has 0 spiro atoms. The fraction of sp³-hybridized carbons (Fsp3) is 0.316. The first kappa shape index (κ1) is 18.5. The summed E-state index contributed by atoms with van der Waals surface area (Å²) in [6.45, 7) is 2.78. The Bertz CT molecular complexity index is 763. The minimum absolute atomic E-state index is 0.0745. The monoisotopic (exact) mass is 378 g/mol. The van der Waals surface area contributed by atoms with Gasteiger partial charge in [-0.1, -0.05) is 0 Å². The number of benzene rings is 2. The molecule has 1 aliphatic heterocycles. The number of hydrogen-bond acceptors (Lipinski definition) is 4. The highest BCUT2D eigenvalue weighted by Crippen LogP contribution is 2.22. The molecule has 1 heterocycles. The fourth-order valence-corrected chi connectivity index (χ4v) is 3.72. The summed E-state index contributed by atoms with van der Waals surface area (Å²) >= 11 is 1.35. The number of amides is 1. The molecular formula is C19H20F2N2O2S. The lowest BCUT2D eigenvalue weighted by Gasteiger charge is -2.36. The summed E-state index contributed by atoms with van der Waals surface area (Å²) in [6, 6.07) is 10.8. The number of carbonyl (C=O) groups excluding carboxylic acids is 1. The molecule has 1 amide bonds. The average molecular weight is 378 g/mol. The van der Waals surface area contributed by atoms with Gasteiger partial charge in [0.2, 0.25) is 5.91 Å². The highest BCUT2D eigenvalue weighted by molar-refractivity contribution is 7.99. The number of aromatic hydroxyl groups is 1. The normalized spacial score (nSPS) is 14.5. The Balaban J connectivity index is 1.43. The maximum absolute atomic E-state index is 13.2. The van der Waals surface area contributed by atoms with E-state index in [0.717, 1.165) is 30.9 Å². The van der Waals surface area contributed by atoms with E-state index in [0.29, 0.717) is 30.2 Å². The second-order valence-corrected chi connectivity index (χ2v) is 7.23. The van der Waals surface area contributed by atoms with Crippen molar-refractivity contribution in [1.82, 2.24) is 4.90 Å². The molecule has 7 heteroatoms. The van der Waals surface area contributed by atoms with E-state index in [2.05, 4.69) is 4.90 Å². The van der Waals surface area contributed by atoms with Crippen molar-refractivity contribution in [1.29, 1.82) is 0 Å². The van der Waals surface area contributed by atoms with Crippen LogP contribution >= 0.6 is 11.8 Å². The molecule has 0 radical (unpaired) electrons. The summed E-state index contributed by atoms with van der Waals surface area (Å²) < 4.78 is 26.1. The fourth-order valence-electron chi connectivity index (χ4n) is 2.86. The molecular weight excluding hydrogens is 358 g/mol. The lowest BCUT2D eigenvalue weighted by Crippen LogP contribution is -2.48. The number of phenolic OH excluding ortho intramolecular Hbond substituents is 1. The van der Waals surface area contributed by atoms with Crippen molar-refractivity contribution in [2.75, 3.05) is 36.8 Å². The molecule has 0 saturated carbocycles. The van der Waals surface area contributed by atoms with Gasteiger partial charge in [0, 0.05) is 48.9 Å². The smallest absolute Gasteiger partial charge is 0.223 e. The summed E-state index contributed by atoms with van der Waals surface area (Å²) in [7, 11) is 0. The standard InChI is InChI=1S/C19H20F2N2O2S/c20-17-6-5-16(13-18(17)21)26-12-7-19(25)23-10-8-22(9-11-23)14-1-3-15(24)4-2-14/h1-6,13,24H,7-12H2. The summed E-state index contributed by atoms with van der Waals surface area (Å²) in [4.78, 5) is 17.0. The number of phenols is 1. The Morgan fingerprint density at radius 3 is 2.35 bits per heavy atom. The predicted molar refractivity (Wildman–Crippen MR) is 98.6 cm³/mol. The van der Waals surface area contributed by atoms with Crippen molar-refractivity contribution < 1.29 is 18.7 Å². The number of thioether (sulfide) groups is 1. The van der Waals surface area contributed by atoms with Crippen molar-refractivity contribution in [3.05, 3.63) is 54.1 Å². The van der Waals surface area contributed by atoms with Crippen molar-refractivity contribution in [3.63, 3.8) is 0 Å². The molecule has 138 valence electrons. The van der Waals surface area contributed by atoms with Crippen LogP contribution in [0.25, 0.3) is 0 Å². The van der Waals surface area contributed by atoms with Gasteiger partial charge >= 0.3 is 0 Å². The summed E-state index contributed by atoms with van der Waals surface area (Å²) in [5, 5.41) is 9.35. The molecule has 2 aromatic carbocycles. The van der Waals surface area contributed by atoms with Crippen LogP contribution < -0.4 is 4.90 Å². The minimum Gasteiger partial charge on any atom is -0.508 e. The Morgan fingerprint density at radius 1 is 1.00 bits per heavy atom. The molecule has 4 nitrogen and oxygen atoms in total. The van der Waals surface area contributed by atoms with Crippen LogP contribution in [0.3, 0.4) is 0 Å². The lowest BCUT2D eigenvalue weighted by molar-refractivity contribution is -0.131. The van der Waals surface area contributed by atoms with E-state index in [-0.39, 0.29) is 11.7 Å². The van der Waals surface area contributed by atoms with Gasteiger partial charge in [-0.25, -0.2) is 8.78 Å². The van der Waals surface area contributed by atoms with Crippen LogP contribution in [0.2, 0.25) is 0 Å². The van der Waals surface area contributed by atoms with Crippen LogP contribution in [0.1, 0.15) is 6.42 Å². The van der Waals surface area contributed by atoms with Crippen LogP contribution in [0, 0.1) is 11.6 Å². The van der Waals surface area contributed by atoms with Crippen molar-refractivity contribution in [3.8, 4) is 5.75 Å². The molecule has 2 aromatic rings. The van der Waals surface area contributed by atoms with E-state index >= 15 is 0 Å². The first-order chi connectivity index (χ1) is 12.5. The third-order valence-electron chi connectivity index (χ3n) is 4.32. The Kier molecular flexibility index (Phi) is 5.98. The number of carbonyl (C=O) groups is 1. The second kappa shape index (κ2) is 8.40. The Hall–Kier alpha value is -2.28. The summed E-state index contributed by atoms with van der Waals surface area (Å²) in [5.41, 5.74) is 1.03. The Labute approximate surface area is 155 Å². The maximum atomic E-state index is 13.2. The highest BCUT2D eigenvalue weighted by atomic mass is 32.2. The van der Waals surface area contributed by atoms with Crippen LogP contribution in [-0.2, 0) is 4.79 Å². The van der Waals surface area contributed by atoms with Gasteiger partial charge in [-0.2, -0.15) is 0 Å². The number of anilines is 1. The lowest BCUT2D eigenvalue weighted by atomic mass is 10.2. The molecule has 1 fully saturated rings. The topological polar surface area (TPSA) is 43.8 Å². The van der Waals surface area contributed by atoms with Crippen molar-refractivity contribution in [2.45, 2.75) is 11.3 Å². The van der Waals surface area contributed by atoms with Gasteiger partial charge in [-0.3, -0.25) is 4.79 Å². The second-order valence-electron chi connectivity index (χ2n) is 6.06. The van der Waals surface area contributed by atoms with Gasteiger partial charge < -0.3 is 14.9 Å². The van der Waals surface area contributed by atoms with Gasteiger partial charge in [0.1, 0.15) is 5.75 Å². The predicted octanol–water partition coefficient (Wildman–Crippen LogP) is 3.50. The van der Waals surface area contributed by atoms with Gasteiger partial charge in [0.25, 0.3) is 0 Å². The Morgan fingerprint density at radius 2 is 1.69 bits per heavy atom. The molecule has 1 saturated heterocycles. The zero-order chi connectivity index (χ0) is 18.5. The van der Waals surface area contributed by atoms with Gasteiger partial charge in [-0.05, 0) is 42.5 Å². The summed E-state index contributed by atoms with van der Waals surface area (Å²) in [6.07, 6.45) is 0.364. The number of piperazine rings is 1. The molecule has 1 aliphatic rings. The van der Waals surface area contributed by atoms with Crippen LogP contribution in [0.4, 0.5) is 14.5 Å². The molecule has 0 aliphatic carbocycles. The first-order valence-electron chi connectivity index (χ1n) is 8.42. The number of halogens is 2. The van der Waals surface area contributed by atoms with Crippen molar-refractivity contribution in [2.24, 2.45) is 0 Å². The largest absolute Gasteiger partial charge is 0.508 e. The van der Waals surface area contributed by atoms with Gasteiger partial charge in [0.15, 0.2) is 11.6 Å². The van der Waals surface area contributed by atoms with Crippen LogP contribution in [-0.4, -0.2) is 47.8 Å². The molecule has 0 bridgehead atoms. The van der Waals surface area contributed by atoms with E-state index in [1.54, 1.807) is 12.1 Å². The number of rotatable bonds is 5. The van der Waals surface area contributed by atoms with E-state index in [9.17, 15) is 18.7 Å². The SMILES string of the molecule is O=C(CCSc1ccc(F)c(F)c1)N1CCN(c2ccc(O)cc2)CC1. The zero-order valence-electron chi connectivity index (χ0n) is 14.2. The van der Waals surface area contributed by atoms with Crippen LogP contribution in [0.15, 0.2) is 47.4 Å². The van der Waals surface area contributed by atoms with E-state index in [1.165, 1.54) is 17.8 Å². The minimum atomic E-state index is -0.869. The highest BCUT2D eigenvalue weighted by Gasteiger charge is 2.21. The number of nitrogens with zero attached hydrogens (tertiary/aromatic N) is 2.